The molecule has 118 valence electrons. The molecule has 0 saturated carbocycles. The summed E-state index contributed by atoms with van der Waals surface area (Å²) in [5.74, 6) is -0.594. The van der Waals surface area contributed by atoms with E-state index in [1.807, 2.05) is 0 Å². The molecule has 1 unspecified atom stereocenters. The van der Waals surface area contributed by atoms with Crippen molar-refractivity contribution in [3.63, 3.8) is 0 Å². The molecule has 3 rings (SSSR count). The zero-order valence-corrected chi connectivity index (χ0v) is 12.7. The second-order valence-corrected chi connectivity index (χ2v) is 5.42. The molecule has 0 radical (unpaired) electrons. The molecule has 0 aliphatic heterocycles. The van der Waals surface area contributed by atoms with Gasteiger partial charge < -0.3 is 9.67 Å². The van der Waals surface area contributed by atoms with Crippen LogP contribution in [0.3, 0.4) is 0 Å². The summed E-state index contributed by atoms with van der Waals surface area (Å²) in [5.41, 5.74) is 0.929. The lowest BCUT2D eigenvalue weighted by molar-refractivity contribution is 0.250. The number of aliphatic hydroxyl groups is 1. The lowest BCUT2D eigenvalue weighted by Gasteiger charge is -2.19. The van der Waals surface area contributed by atoms with Crippen molar-refractivity contribution in [2.75, 3.05) is 6.61 Å². The van der Waals surface area contributed by atoms with Crippen molar-refractivity contribution < 1.29 is 13.9 Å². The van der Waals surface area contributed by atoms with Crippen molar-refractivity contribution in [3.05, 3.63) is 77.1 Å². The van der Waals surface area contributed by atoms with Gasteiger partial charge in [-0.25, -0.2) is 13.8 Å². The fourth-order valence-electron chi connectivity index (χ4n) is 2.49. The van der Waals surface area contributed by atoms with Crippen LogP contribution in [0.25, 0.3) is 11.4 Å². The van der Waals surface area contributed by atoms with Crippen LogP contribution in [-0.4, -0.2) is 21.3 Å². The van der Waals surface area contributed by atoms with Crippen molar-refractivity contribution in [1.82, 2.24) is 9.55 Å². The number of benzene rings is 2. The van der Waals surface area contributed by atoms with Gasteiger partial charge in [0, 0.05) is 12.4 Å². The van der Waals surface area contributed by atoms with Gasteiger partial charge in [0.05, 0.1) is 23.2 Å². The van der Waals surface area contributed by atoms with Crippen LogP contribution < -0.4 is 0 Å². The fraction of sp³-hybridized carbons (Fsp3) is 0.118. The van der Waals surface area contributed by atoms with E-state index in [4.69, 9.17) is 11.6 Å². The highest BCUT2D eigenvalue weighted by atomic mass is 35.5. The van der Waals surface area contributed by atoms with Crippen LogP contribution in [-0.2, 0) is 0 Å². The molecule has 0 aliphatic carbocycles. The Balaban J connectivity index is 2.09. The molecule has 2 aromatic carbocycles. The smallest absolute Gasteiger partial charge is 0.152 e. The molecular formula is C17H13ClF2N2O. The van der Waals surface area contributed by atoms with Gasteiger partial charge in [-0.15, -0.1) is 0 Å². The summed E-state index contributed by atoms with van der Waals surface area (Å²) in [6.07, 6.45) is 3.15. The molecule has 0 aliphatic rings. The van der Waals surface area contributed by atoms with Gasteiger partial charge in [0.1, 0.15) is 11.6 Å². The Labute approximate surface area is 136 Å². The zero-order chi connectivity index (χ0) is 16.4. The first-order valence-electron chi connectivity index (χ1n) is 6.95. The topological polar surface area (TPSA) is 38.0 Å². The largest absolute Gasteiger partial charge is 0.394 e. The number of hydrogen-bond acceptors (Lipinski definition) is 2. The fourth-order valence-corrected chi connectivity index (χ4v) is 2.66. The number of rotatable bonds is 4. The Hall–Kier alpha value is -2.24. The number of halogens is 3. The Morgan fingerprint density at radius 2 is 1.87 bits per heavy atom. The molecule has 1 aromatic heterocycles. The van der Waals surface area contributed by atoms with E-state index in [2.05, 4.69) is 4.98 Å². The van der Waals surface area contributed by atoms with Crippen molar-refractivity contribution in [1.29, 1.82) is 0 Å². The summed E-state index contributed by atoms with van der Waals surface area (Å²) in [4.78, 5) is 4.18. The van der Waals surface area contributed by atoms with Crippen LogP contribution in [0, 0.1) is 11.6 Å². The van der Waals surface area contributed by atoms with E-state index in [0.717, 1.165) is 0 Å². The maximum Gasteiger partial charge on any atom is 0.152 e. The number of nitrogens with zero attached hydrogens (tertiary/aromatic N) is 2. The third kappa shape index (κ3) is 2.98. The number of aliphatic hydroxyl groups excluding tert-OH is 1. The molecule has 3 nitrogen and oxygen atoms in total. The first-order chi connectivity index (χ1) is 11.1. The van der Waals surface area contributed by atoms with E-state index in [-0.39, 0.29) is 23.0 Å². The zero-order valence-electron chi connectivity index (χ0n) is 12.0. The minimum absolute atomic E-state index is 0.000573. The van der Waals surface area contributed by atoms with Crippen molar-refractivity contribution in [3.8, 4) is 11.4 Å². The number of imidazole rings is 1. The van der Waals surface area contributed by atoms with E-state index in [0.29, 0.717) is 11.4 Å². The standard InChI is InChI=1S/C17H13ClF2N2O/c18-14-3-1-2-13(16(14)20)17-21-8-9-22(17)15(10-23)11-4-6-12(19)7-5-11/h1-9,15,23H,10H2. The maximum absolute atomic E-state index is 14.3. The molecule has 0 amide bonds. The van der Waals surface area contributed by atoms with Gasteiger partial charge in [-0.1, -0.05) is 29.8 Å². The highest BCUT2D eigenvalue weighted by Gasteiger charge is 2.20. The summed E-state index contributed by atoms with van der Waals surface area (Å²) in [5, 5.41) is 9.75. The monoisotopic (exact) mass is 334 g/mol. The minimum atomic E-state index is -0.572. The van der Waals surface area contributed by atoms with E-state index in [1.54, 1.807) is 35.0 Å². The van der Waals surface area contributed by atoms with Gasteiger partial charge in [0.15, 0.2) is 5.82 Å². The van der Waals surface area contributed by atoms with Crippen LogP contribution >= 0.6 is 11.6 Å². The summed E-state index contributed by atoms with van der Waals surface area (Å²) >= 11 is 5.83. The lowest BCUT2D eigenvalue weighted by atomic mass is 10.1. The second kappa shape index (κ2) is 6.48. The van der Waals surface area contributed by atoms with Gasteiger partial charge in [-0.2, -0.15) is 0 Å². The van der Waals surface area contributed by atoms with Crippen LogP contribution in [0.2, 0.25) is 5.02 Å². The molecule has 6 heteroatoms. The predicted molar refractivity (Wildman–Crippen MR) is 84.3 cm³/mol. The summed E-state index contributed by atoms with van der Waals surface area (Å²) in [7, 11) is 0. The molecule has 0 saturated heterocycles. The van der Waals surface area contributed by atoms with Gasteiger partial charge in [0.25, 0.3) is 0 Å². The van der Waals surface area contributed by atoms with Crippen LogP contribution in [0.1, 0.15) is 11.6 Å². The lowest BCUT2D eigenvalue weighted by Crippen LogP contribution is -2.15. The van der Waals surface area contributed by atoms with Crippen LogP contribution in [0.15, 0.2) is 54.9 Å². The second-order valence-electron chi connectivity index (χ2n) is 5.01. The Morgan fingerprint density at radius 1 is 1.13 bits per heavy atom. The van der Waals surface area contributed by atoms with Crippen molar-refractivity contribution in [2.24, 2.45) is 0 Å². The molecule has 1 heterocycles. The summed E-state index contributed by atoms with van der Waals surface area (Å²) in [6, 6.07) is 9.93. The SMILES string of the molecule is OCC(c1ccc(F)cc1)n1ccnc1-c1cccc(Cl)c1F. The highest BCUT2D eigenvalue weighted by molar-refractivity contribution is 6.31. The summed E-state index contributed by atoms with van der Waals surface area (Å²) < 4.78 is 29.0. The molecule has 3 aromatic rings. The highest BCUT2D eigenvalue weighted by Crippen LogP contribution is 2.30. The van der Waals surface area contributed by atoms with Crippen molar-refractivity contribution >= 4 is 11.6 Å². The summed E-state index contributed by atoms with van der Waals surface area (Å²) in [6.45, 7) is -0.239. The average molecular weight is 335 g/mol. The number of aromatic nitrogens is 2. The third-order valence-electron chi connectivity index (χ3n) is 3.62. The molecule has 1 N–H and O–H groups in total. The minimum Gasteiger partial charge on any atom is -0.394 e. The Bertz CT molecular complexity index is 818. The van der Waals surface area contributed by atoms with E-state index in [1.165, 1.54) is 24.4 Å². The predicted octanol–water partition coefficient (Wildman–Crippen LogP) is 4.06. The first kappa shape index (κ1) is 15.6. The van der Waals surface area contributed by atoms with Gasteiger partial charge in [-0.3, -0.25) is 0 Å². The van der Waals surface area contributed by atoms with Crippen molar-refractivity contribution in [2.45, 2.75) is 6.04 Å². The van der Waals surface area contributed by atoms with Crippen LogP contribution in [0.4, 0.5) is 8.78 Å². The molecule has 23 heavy (non-hydrogen) atoms. The first-order valence-corrected chi connectivity index (χ1v) is 7.33. The quantitative estimate of drug-likeness (QED) is 0.781. The normalized spacial score (nSPS) is 12.3. The molecule has 1 atom stereocenters. The Kier molecular flexibility index (Phi) is 4.41. The van der Waals surface area contributed by atoms with Gasteiger partial charge in [0.2, 0.25) is 0 Å². The van der Waals surface area contributed by atoms with E-state index in [9.17, 15) is 13.9 Å². The number of hydrogen-bond donors (Lipinski definition) is 1. The average Bonchev–Trinajstić information content (AvgIpc) is 3.02. The van der Waals surface area contributed by atoms with Gasteiger partial charge >= 0.3 is 0 Å². The van der Waals surface area contributed by atoms with Crippen LogP contribution in [0.5, 0.6) is 0 Å². The molecule has 0 spiro atoms. The van der Waals surface area contributed by atoms with E-state index < -0.39 is 11.9 Å². The molecular weight excluding hydrogens is 322 g/mol. The van der Waals surface area contributed by atoms with Gasteiger partial charge in [-0.05, 0) is 29.8 Å². The Morgan fingerprint density at radius 3 is 2.57 bits per heavy atom. The third-order valence-corrected chi connectivity index (χ3v) is 3.92. The molecule has 0 bridgehead atoms. The molecule has 0 fully saturated rings. The van der Waals surface area contributed by atoms with E-state index >= 15 is 0 Å². The maximum atomic E-state index is 14.3.